The first kappa shape index (κ1) is 26.4. The molecule has 2 atom stereocenters. The Hall–Kier alpha value is -4.87. The number of Topliss-reactive ketones (excluding diaryl/α,β-unsaturated/α-hetero) is 1. The van der Waals surface area contributed by atoms with Crippen molar-refractivity contribution in [2.75, 3.05) is 11.9 Å². The lowest BCUT2D eigenvalue weighted by Crippen LogP contribution is -2.44. The lowest BCUT2D eigenvalue weighted by atomic mass is 10.0. The van der Waals surface area contributed by atoms with E-state index in [1.165, 1.54) is 16.5 Å². The molecule has 4 aromatic heterocycles. The lowest BCUT2D eigenvalue weighted by molar-refractivity contribution is -0.137. The van der Waals surface area contributed by atoms with Gasteiger partial charge in [0.25, 0.3) is 0 Å². The molecule has 6 rings (SSSR count). The maximum Gasteiger partial charge on any atom is 0.247 e. The number of aryl methyl sites for hydroxylation is 2. The van der Waals surface area contributed by atoms with E-state index in [9.17, 15) is 18.8 Å². The minimum Gasteiger partial charge on any atom is -0.352 e. The molecule has 5 heterocycles. The van der Waals surface area contributed by atoms with Gasteiger partial charge < -0.3 is 14.8 Å². The molecule has 0 saturated carbocycles. The summed E-state index contributed by atoms with van der Waals surface area (Å²) in [6.07, 6.45) is 5.82. The molecule has 1 fully saturated rings. The SMILES string of the molecule is CCn1ccc(NC(=O)[C@@H]2C[C@@H](F)CN2C(=O)Cn2nc(C(C)=O)c3cc(-c4cnc5cc(C)nn5c4)ccc32)c1. The van der Waals surface area contributed by atoms with E-state index in [0.717, 1.165) is 29.0 Å². The second-order valence-corrected chi connectivity index (χ2v) is 10.3. The van der Waals surface area contributed by atoms with E-state index in [0.29, 0.717) is 16.6 Å². The molecule has 0 spiro atoms. The molecule has 210 valence electrons. The number of hydrogen-bond acceptors (Lipinski definition) is 6. The fourth-order valence-electron chi connectivity index (χ4n) is 5.35. The van der Waals surface area contributed by atoms with Crippen molar-refractivity contribution >= 4 is 39.8 Å². The summed E-state index contributed by atoms with van der Waals surface area (Å²) in [5, 5.41) is 12.2. The van der Waals surface area contributed by atoms with Crippen molar-refractivity contribution in [3.8, 4) is 11.1 Å². The van der Waals surface area contributed by atoms with Gasteiger partial charge in [0.1, 0.15) is 24.5 Å². The highest BCUT2D eigenvalue weighted by Gasteiger charge is 2.40. The number of fused-ring (bicyclic) bond motifs is 2. The number of benzene rings is 1. The van der Waals surface area contributed by atoms with Crippen LogP contribution >= 0.6 is 0 Å². The van der Waals surface area contributed by atoms with Crippen LogP contribution in [0, 0.1) is 6.92 Å². The molecule has 1 aliphatic rings. The van der Waals surface area contributed by atoms with Crippen molar-refractivity contribution in [3.05, 3.63) is 66.5 Å². The number of carbonyl (C=O) groups excluding carboxylic acids is 3. The summed E-state index contributed by atoms with van der Waals surface area (Å²) in [4.78, 5) is 44.7. The maximum absolute atomic E-state index is 14.5. The molecule has 0 bridgehead atoms. The molecule has 5 aromatic rings. The Morgan fingerprint density at radius 1 is 1.10 bits per heavy atom. The van der Waals surface area contributed by atoms with Crippen LogP contribution in [0.3, 0.4) is 0 Å². The van der Waals surface area contributed by atoms with E-state index >= 15 is 0 Å². The van der Waals surface area contributed by atoms with E-state index in [-0.39, 0.29) is 31.0 Å². The quantitative estimate of drug-likeness (QED) is 0.306. The fourth-order valence-corrected chi connectivity index (χ4v) is 5.35. The number of anilines is 1. The Kier molecular flexibility index (Phi) is 6.60. The third kappa shape index (κ3) is 4.96. The number of likely N-dealkylation sites (tertiary alicyclic amines) is 1. The highest BCUT2D eigenvalue weighted by atomic mass is 19.1. The number of amides is 2. The first-order valence-corrected chi connectivity index (χ1v) is 13.4. The molecular weight excluding hydrogens is 527 g/mol. The summed E-state index contributed by atoms with van der Waals surface area (Å²) >= 11 is 0. The van der Waals surface area contributed by atoms with Gasteiger partial charge in [0.15, 0.2) is 11.4 Å². The van der Waals surface area contributed by atoms with Gasteiger partial charge in [-0.15, -0.1) is 0 Å². The minimum atomic E-state index is -1.32. The van der Waals surface area contributed by atoms with Crippen molar-refractivity contribution in [2.24, 2.45) is 0 Å². The Bertz CT molecular complexity index is 1820. The maximum atomic E-state index is 14.5. The summed E-state index contributed by atoms with van der Waals surface area (Å²) in [5.41, 5.74) is 4.57. The number of carbonyl (C=O) groups is 3. The van der Waals surface area contributed by atoms with Crippen LogP contribution < -0.4 is 5.32 Å². The summed E-state index contributed by atoms with van der Waals surface area (Å²) in [5.74, 6) is -1.15. The van der Waals surface area contributed by atoms with Gasteiger partial charge in [0, 0.05) is 61.7 Å². The number of nitrogens with zero attached hydrogens (tertiary/aromatic N) is 7. The predicted molar refractivity (Wildman–Crippen MR) is 150 cm³/mol. The van der Waals surface area contributed by atoms with Crippen molar-refractivity contribution in [1.82, 2.24) is 33.8 Å². The van der Waals surface area contributed by atoms with Crippen LogP contribution in [-0.2, 0) is 22.7 Å². The molecule has 0 radical (unpaired) electrons. The van der Waals surface area contributed by atoms with E-state index in [1.807, 2.05) is 49.0 Å². The zero-order chi connectivity index (χ0) is 28.8. The summed E-state index contributed by atoms with van der Waals surface area (Å²) in [6.45, 7) is 5.61. The van der Waals surface area contributed by atoms with Gasteiger partial charge >= 0.3 is 0 Å². The van der Waals surface area contributed by atoms with Crippen molar-refractivity contribution in [3.63, 3.8) is 0 Å². The summed E-state index contributed by atoms with van der Waals surface area (Å²) in [7, 11) is 0. The van der Waals surface area contributed by atoms with Crippen molar-refractivity contribution in [1.29, 1.82) is 0 Å². The Morgan fingerprint density at radius 2 is 1.93 bits per heavy atom. The molecule has 1 aromatic carbocycles. The topological polar surface area (TPSA) is 119 Å². The van der Waals surface area contributed by atoms with Crippen LogP contribution in [-0.4, -0.2) is 70.2 Å². The minimum absolute atomic E-state index is 0.0812. The molecule has 11 nitrogen and oxygen atoms in total. The van der Waals surface area contributed by atoms with Crippen molar-refractivity contribution < 1.29 is 18.8 Å². The number of rotatable bonds is 7. The largest absolute Gasteiger partial charge is 0.352 e. The second kappa shape index (κ2) is 10.3. The van der Waals surface area contributed by atoms with Crippen LogP contribution in [0.25, 0.3) is 27.7 Å². The third-order valence-corrected chi connectivity index (χ3v) is 7.39. The number of halogens is 1. The number of nitrogens with one attached hydrogen (secondary N) is 1. The van der Waals surface area contributed by atoms with Gasteiger partial charge in [-0.2, -0.15) is 10.2 Å². The van der Waals surface area contributed by atoms with Crippen LogP contribution in [0.4, 0.5) is 10.1 Å². The molecule has 0 aliphatic carbocycles. The molecule has 0 unspecified atom stereocenters. The Labute approximate surface area is 234 Å². The monoisotopic (exact) mass is 556 g/mol. The number of hydrogen-bond donors (Lipinski definition) is 1. The molecule has 41 heavy (non-hydrogen) atoms. The van der Waals surface area contributed by atoms with Gasteiger partial charge in [0.2, 0.25) is 11.8 Å². The molecule has 1 aliphatic heterocycles. The van der Waals surface area contributed by atoms with Gasteiger partial charge in [0.05, 0.1) is 23.4 Å². The zero-order valence-corrected chi connectivity index (χ0v) is 22.9. The number of alkyl halides is 1. The van der Waals surface area contributed by atoms with E-state index in [4.69, 9.17) is 0 Å². The number of ketones is 1. The molecular formula is C29H29FN8O3. The van der Waals surface area contributed by atoms with E-state index in [2.05, 4.69) is 20.5 Å². The van der Waals surface area contributed by atoms with Gasteiger partial charge in [-0.3, -0.25) is 19.1 Å². The van der Waals surface area contributed by atoms with Gasteiger partial charge in [-0.1, -0.05) is 6.07 Å². The zero-order valence-electron chi connectivity index (χ0n) is 22.9. The predicted octanol–water partition coefficient (Wildman–Crippen LogP) is 3.66. The molecule has 1 N–H and O–H groups in total. The first-order chi connectivity index (χ1) is 19.7. The van der Waals surface area contributed by atoms with Crippen LogP contribution in [0.2, 0.25) is 0 Å². The van der Waals surface area contributed by atoms with E-state index < -0.39 is 24.0 Å². The van der Waals surface area contributed by atoms with Gasteiger partial charge in [-0.25, -0.2) is 13.9 Å². The third-order valence-electron chi connectivity index (χ3n) is 7.39. The molecule has 1 saturated heterocycles. The average Bonchev–Trinajstić information content (AvgIpc) is 3.72. The Morgan fingerprint density at radius 3 is 2.68 bits per heavy atom. The first-order valence-electron chi connectivity index (χ1n) is 13.4. The molecule has 12 heteroatoms. The summed E-state index contributed by atoms with van der Waals surface area (Å²) in [6, 6.07) is 8.18. The standard InChI is InChI=1S/C29H29FN8O3/c1-4-35-8-7-22(15-35)32-29(41)25-11-21(30)14-36(25)27(40)16-37-24-6-5-19(10-23(24)28(34-37)18(3)39)20-12-31-26-9-17(2)33-38(26)13-20/h5-10,12-13,15,21,25H,4,11,14,16H2,1-3H3,(H,32,41)/t21-,25+/m1/s1. The van der Waals surface area contributed by atoms with Gasteiger partial charge in [-0.05, 0) is 37.6 Å². The van der Waals surface area contributed by atoms with E-state index in [1.54, 1.807) is 29.0 Å². The smallest absolute Gasteiger partial charge is 0.247 e. The highest BCUT2D eigenvalue weighted by Crippen LogP contribution is 2.28. The fraction of sp³-hybridized carbons (Fsp3) is 0.310. The van der Waals surface area contributed by atoms with Crippen LogP contribution in [0.1, 0.15) is 36.5 Å². The average molecular weight is 557 g/mol. The van der Waals surface area contributed by atoms with Crippen molar-refractivity contribution in [2.45, 2.75) is 52.5 Å². The lowest BCUT2D eigenvalue weighted by Gasteiger charge is -2.23. The number of aromatic nitrogens is 6. The highest BCUT2D eigenvalue weighted by molar-refractivity contribution is 6.06. The second-order valence-electron chi connectivity index (χ2n) is 10.3. The normalized spacial score (nSPS) is 17.0. The Balaban J connectivity index is 1.27. The van der Waals surface area contributed by atoms with Crippen LogP contribution in [0.5, 0.6) is 0 Å². The summed E-state index contributed by atoms with van der Waals surface area (Å²) < 4.78 is 19.5. The van der Waals surface area contributed by atoms with Crippen LogP contribution in [0.15, 0.2) is 55.1 Å². The molecule has 2 amide bonds.